The Hall–Kier alpha value is -1.32. The third-order valence-electron chi connectivity index (χ3n) is 4.70. The maximum Gasteiger partial charge on any atom is 0.0740 e. The zero-order valence-corrected chi connectivity index (χ0v) is 11.9. The van der Waals surface area contributed by atoms with Gasteiger partial charge < -0.3 is 15.0 Å². The van der Waals surface area contributed by atoms with E-state index in [1.54, 1.807) is 0 Å². The van der Waals surface area contributed by atoms with Gasteiger partial charge in [-0.25, -0.2) is 0 Å². The molecule has 3 heterocycles. The molecule has 1 aromatic heterocycles. The van der Waals surface area contributed by atoms with Crippen molar-refractivity contribution in [2.24, 2.45) is 0 Å². The molecule has 2 N–H and O–H groups in total. The fraction of sp³-hybridized carbons (Fsp3) is 0.529. The fourth-order valence-corrected chi connectivity index (χ4v) is 3.59. The van der Waals surface area contributed by atoms with E-state index in [0.29, 0.717) is 6.04 Å². The van der Waals surface area contributed by atoms with Gasteiger partial charge in [0.25, 0.3) is 0 Å². The van der Waals surface area contributed by atoms with Crippen molar-refractivity contribution in [2.75, 3.05) is 13.2 Å². The lowest BCUT2D eigenvalue weighted by Gasteiger charge is -2.23. The fourth-order valence-electron chi connectivity index (χ4n) is 3.59. The molecule has 0 radical (unpaired) electrons. The Labute approximate surface area is 119 Å². The average molecular weight is 270 g/mol. The minimum absolute atomic E-state index is 0.659. The zero-order valence-electron chi connectivity index (χ0n) is 11.9. The molecule has 2 aliphatic heterocycles. The molecule has 0 bridgehead atoms. The highest BCUT2D eigenvalue weighted by molar-refractivity contribution is 5.85. The van der Waals surface area contributed by atoms with E-state index in [1.165, 1.54) is 53.5 Å². The van der Waals surface area contributed by atoms with Crippen molar-refractivity contribution in [3.8, 4) is 0 Å². The Kier molecular flexibility index (Phi) is 3.25. The van der Waals surface area contributed by atoms with E-state index in [9.17, 15) is 0 Å². The van der Waals surface area contributed by atoms with Crippen molar-refractivity contribution in [3.05, 3.63) is 35.0 Å². The van der Waals surface area contributed by atoms with E-state index in [-0.39, 0.29) is 0 Å². The summed E-state index contributed by atoms with van der Waals surface area (Å²) in [4.78, 5) is 3.55. The van der Waals surface area contributed by atoms with Crippen molar-refractivity contribution in [2.45, 2.75) is 44.8 Å². The minimum atomic E-state index is 0.659. The molecule has 1 aromatic carbocycles. The van der Waals surface area contributed by atoms with Crippen LogP contribution in [0.2, 0.25) is 0 Å². The number of rotatable bonds is 2. The highest BCUT2D eigenvalue weighted by Crippen LogP contribution is 2.28. The number of aromatic nitrogens is 1. The van der Waals surface area contributed by atoms with Crippen LogP contribution >= 0.6 is 0 Å². The maximum absolute atomic E-state index is 5.62. The van der Waals surface area contributed by atoms with Crippen LogP contribution in [-0.2, 0) is 24.2 Å². The molecule has 1 atom stereocenters. The van der Waals surface area contributed by atoms with Crippen LogP contribution in [0.4, 0.5) is 0 Å². The van der Waals surface area contributed by atoms with Gasteiger partial charge in [0.2, 0.25) is 0 Å². The summed E-state index contributed by atoms with van der Waals surface area (Å²) in [6.45, 7) is 2.79. The van der Waals surface area contributed by atoms with E-state index in [4.69, 9.17) is 4.74 Å². The van der Waals surface area contributed by atoms with Crippen LogP contribution in [0.1, 0.15) is 36.1 Å². The highest BCUT2D eigenvalue weighted by Gasteiger charge is 2.17. The normalized spacial score (nSPS) is 22.9. The topological polar surface area (TPSA) is 37.0 Å². The molecule has 2 aliphatic rings. The Bertz CT molecular complexity index is 611. The SMILES string of the molecule is c1cc2[nH]c3c(c2cc1CC1CCCCN1)COCC3. The number of aromatic amines is 1. The lowest BCUT2D eigenvalue weighted by atomic mass is 9.96. The summed E-state index contributed by atoms with van der Waals surface area (Å²) in [6, 6.07) is 7.55. The first kappa shape index (κ1) is 12.4. The number of benzene rings is 1. The van der Waals surface area contributed by atoms with E-state index in [2.05, 4.69) is 28.5 Å². The molecule has 106 valence electrons. The van der Waals surface area contributed by atoms with Gasteiger partial charge >= 0.3 is 0 Å². The molecule has 3 nitrogen and oxygen atoms in total. The van der Waals surface area contributed by atoms with Gasteiger partial charge in [0.1, 0.15) is 0 Å². The minimum Gasteiger partial charge on any atom is -0.376 e. The maximum atomic E-state index is 5.62. The van der Waals surface area contributed by atoms with Crippen molar-refractivity contribution in [1.82, 2.24) is 10.3 Å². The Morgan fingerprint density at radius 3 is 3.15 bits per heavy atom. The summed E-state index contributed by atoms with van der Waals surface area (Å²) in [6.07, 6.45) is 6.18. The van der Waals surface area contributed by atoms with Gasteiger partial charge in [0.15, 0.2) is 0 Å². The largest absolute Gasteiger partial charge is 0.376 e. The Morgan fingerprint density at radius 2 is 2.25 bits per heavy atom. The first-order valence-electron chi connectivity index (χ1n) is 7.83. The standard InChI is InChI=1S/C17H22N2O/c1-2-7-18-13(3-1)9-12-4-5-16-14(10-12)15-11-20-8-6-17(15)19-16/h4-5,10,13,18-19H,1-3,6-9,11H2. The number of fused-ring (bicyclic) bond motifs is 3. The van der Waals surface area contributed by atoms with Gasteiger partial charge in [-0.2, -0.15) is 0 Å². The van der Waals surface area contributed by atoms with Crippen LogP contribution < -0.4 is 5.32 Å². The second-order valence-corrected chi connectivity index (χ2v) is 6.12. The summed E-state index contributed by atoms with van der Waals surface area (Å²) in [5.74, 6) is 0. The Balaban J connectivity index is 1.63. The highest BCUT2D eigenvalue weighted by atomic mass is 16.5. The van der Waals surface area contributed by atoms with Gasteiger partial charge in [-0.3, -0.25) is 0 Å². The molecular weight excluding hydrogens is 248 g/mol. The zero-order chi connectivity index (χ0) is 13.4. The third-order valence-corrected chi connectivity index (χ3v) is 4.70. The summed E-state index contributed by atoms with van der Waals surface area (Å²) >= 11 is 0. The average Bonchev–Trinajstić information content (AvgIpc) is 2.86. The number of hydrogen-bond donors (Lipinski definition) is 2. The molecule has 3 heteroatoms. The lowest BCUT2D eigenvalue weighted by molar-refractivity contribution is 0.111. The lowest BCUT2D eigenvalue weighted by Crippen LogP contribution is -2.35. The third kappa shape index (κ3) is 2.25. The van der Waals surface area contributed by atoms with E-state index in [0.717, 1.165) is 26.1 Å². The second kappa shape index (κ2) is 5.23. The van der Waals surface area contributed by atoms with Crippen molar-refractivity contribution in [1.29, 1.82) is 0 Å². The molecule has 0 saturated carbocycles. The smallest absolute Gasteiger partial charge is 0.0740 e. The molecule has 0 amide bonds. The predicted octanol–water partition coefficient (Wildman–Crippen LogP) is 2.93. The molecule has 4 rings (SSSR count). The van der Waals surface area contributed by atoms with Crippen molar-refractivity contribution < 1.29 is 4.74 Å². The van der Waals surface area contributed by atoms with E-state index >= 15 is 0 Å². The molecule has 1 fully saturated rings. The van der Waals surface area contributed by atoms with Gasteiger partial charge in [0, 0.05) is 34.6 Å². The molecular formula is C17H22N2O. The number of piperidine rings is 1. The molecule has 1 saturated heterocycles. The number of hydrogen-bond acceptors (Lipinski definition) is 2. The van der Waals surface area contributed by atoms with Gasteiger partial charge in [-0.1, -0.05) is 12.5 Å². The van der Waals surface area contributed by atoms with Crippen LogP contribution in [0.5, 0.6) is 0 Å². The van der Waals surface area contributed by atoms with Crippen molar-refractivity contribution in [3.63, 3.8) is 0 Å². The predicted molar refractivity (Wildman–Crippen MR) is 81.0 cm³/mol. The van der Waals surface area contributed by atoms with E-state index < -0.39 is 0 Å². The first-order chi connectivity index (χ1) is 9.90. The van der Waals surface area contributed by atoms with Crippen LogP contribution in [0.25, 0.3) is 10.9 Å². The van der Waals surface area contributed by atoms with Crippen LogP contribution in [-0.4, -0.2) is 24.2 Å². The number of nitrogens with one attached hydrogen (secondary N) is 2. The molecule has 0 aliphatic carbocycles. The molecule has 20 heavy (non-hydrogen) atoms. The van der Waals surface area contributed by atoms with Crippen LogP contribution in [0, 0.1) is 0 Å². The number of H-pyrrole nitrogens is 1. The van der Waals surface area contributed by atoms with Gasteiger partial charge in [-0.05, 0) is 43.5 Å². The van der Waals surface area contributed by atoms with Crippen LogP contribution in [0.15, 0.2) is 18.2 Å². The molecule has 2 aromatic rings. The summed E-state index contributed by atoms with van der Waals surface area (Å²) in [7, 11) is 0. The van der Waals surface area contributed by atoms with Crippen LogP contribution in [0.3, 0.4) is 0 Å². The van der Waals surface area contributed by atoms with E-state index in [1.807, 2.05) is 0 Å². The Morgan fingerprint density at radius 1 is 1.25 bits per heavy atom. The summed E-state index contributed by atoms with van der Waals surface area (Å²) in [5.41, 5.74) is 5.47. The second-order valence-electron chi connectivity index (χ2n) is 6.12. The van der Waals surface area contributed by atoms with Gasteiger partial charge in [0.05, 0.1) is 13.2 Å². The quantitative estimate of drug-likeness (QED) is 0.880. The molecule has 0 spiro atoms. The van der Waals surface area contributed by atoms with Crippen molar-refractivity contribution >= 4 is 10.9 Å². The number of ether oxygens (including phenoxy) is 1. The first-order valence-corrected chi connectivity index (χ1v) is 7.83. The monoisotopic (exact) mass is 270 g/mol. The molecule has 1 unspecified atom stereocenters. The summed E-state index contributed by atoms with van der Waals surface area (Å²) < 4.78 is 5.62. The van der Waals surface area contributed by atoms with Gasteiger partial charge in [-0.15, -0.1) is 0 Å². The summed E-state index contributed by atoms with van der Waals surface area (Å²) in [5, 5.41) is 5.01.